The first-order chi connectivity index (χ1) is 7.42. The fraction of sp³-hybridized carbons (Fsp3) is 0.429. The molecule has 0 aliphatic rings. The average molecular weight is 246 g/mol. The number of carbonyl (C=O) groups is 2. The van der Waals surface area contributed by atoms with Crippen LogP contribution in [-0.2, 0) is 4.79 Å². The molecule has 8 nitrogen and oxygen atoms in total. The van der Waals surface area contributed by atoms with Crippen molar-refractivity contribution in [3.63, 3.8) is 0 Å². The van der Waals surface area contributed by atoms with Gasteiger partial charge in [0.2, 0.25) is 5.13 Å². The molecule has 1 aromatic heterocycles. The minimum absolute atomic E-state index is 0.285. The molecule has 1 rings (SSSR count). The molecular weight excluding hydrogens is 236 g/mol. The maximum absolute atomic E-state index is 11.2. The fourth-order valence-electron chi connectivity index (χ4n) is 0.697. The Morgan fingerprint density at radius 3 is 2.81 bits per heavy atom. The van der Waals surface area contributed by atoms with Crippen molar-refractivity contribution in [3.05, 3.63) is 5.51 Å². The van der Waals surface area contributed by atoms with Crippen LogP contribution in [0.5, 0.6) is 0 Å². The maximum Gasteiger partial charge on any atom is 0.337 e. The van der Waals surface area contributed by atoms with Gasteiger partial charge in [0.05, 0.1) is 6.54 Å². The first-order valence-electron chi connectivity index (χ1n) is 4.18. The molecule has 1 unspecified atom stereocenters. The number of amides is 2. The second-order valence-corrected chi connectivity index (χ2v) is 3.96. The lowest BCUT2D eigenvalue weighted by molar-refractivity contribution is -0.155. The van der Waals surface area contributed by atoms with Crippen LogP contribution in [-0.4, -0.2) is 44.6 Å². The lowest BCUT2D eigenvalue weighted by atomic mass is 10.1. The molecule has 9 heteroatoms. The summed E-state index contributed by atoms with van der Waals surface area (Å²) in [5, 5.41) is 29.7. The summed E-state index contributed by atoms with van der Waals surface area (Å²) in [5.41, 5.74) is -0.568. The molecule has 0 fully saturated rings. The minimum Gasteiger partial charge on any atom is -0.479 e. The van der Waals surface area contributed by atoms with Gasteiger partial charge in [0, 0.05) is 0 Å². The summed E-state index contributed by atoms with van der Waals surface area (Å²) in [5.74, 6) is -1.41. The number of rotatable bonds is 4. The molecule has 0 aliphatic heterocycles. The zero-order valence-corrected chi connectivity index (χ0v) is 9.11. The first kappa shape index (κ1) is 12.3. The largest absolute Gasteiger partial charge is 0.479 e. The van der Waals surface area contributed by atoms with Crippen molar-refractivity contribution in [1.82, 2.24) is 15.5 Å². The Morgan fingerprint density at radius 1 is 1.62 bits per heavy atom. The number of nitrogens with zero attached hydrogens (tertiary/aromatic N) is 2. The normalized spacial score (nSPS) is 13.9. The molecule has 1 atom stereocenters. The molecule has 1 heterocycles. The summed E-state index contributed by atoms with van der Waals surface area (Å²) in [6.07, 6.45) is 0. The van der Waals surface area contributed by atoms with Crippen LogP contribution in [0.2, 0.25) is 0 Å². The number of hydrogen-bond donors (Lipinski definition) is 4. The van der Waals surface area contributed by atoms with Crippen molar-refractivity contribution in [2.24, 2.45) is 0 Å². The molecule has 4 N–H and O–H groups in total. The van der Waals surface area contributed by atoms with Gasteiger partial charge in [-0.1, -0.05) is 11.3 Å². The summed E-state index contributed by atoms with van der Waals surface area (Å²) in [6.45, 7) is 0.674. The fourth-order valence-corrected chi connectivity index (χ4v) is 1.14. The number of anilines is 1. The summed E-state index contributed by atoms with van der Waals surface area (Å²) in [4.78, 5) is 21.7. The molecule has 0 bridgehead atoms. The molecule has 16 heavy (non-hydrogen) atoms. The lowest BCUT2D eigenvalue weighted by Gasteiger charge is -2.17. The highest BCUT2D eigenvalue weighted by Crippen LogP contribution is 2.07. The molecular formula is C7H10N4O4S. The second kappa shape index (κ2) is 4.86. The van der Waals surface area contributed by atoms with Gasteiger partial charge < -0.3 is 15.5 Å². The Hall–Kier alpha value is -1.74. The van der Waals surface area contributed by atoms with Crippen molar-refractivity contribution >= 4 is 28.5 Å². The van der Waals surface area contributed by atoms with Gasteiger partial charge in [0.25, 0.3) is 0 Å². The van der Waals surface area contributed by atoms with Crippen LogP contribution in [0.1, 0.15) is 6.92 Å². The van der Waals surface area contributed by atoms with Crippen LogP contribution in [0.15, 0.2) is 5.51 Å². The highest BCUT2D eigenvalue weighted by atomic mass is 32.1. The van der Waals surface area contributed by atoms with E-state index in [4.69, 9.17) is 5.11 Å². The van der Waals surface area contributed by atoms with Crippen molar-refractivity contribution in [2.75, 3.05) is 11.9 Å². The lowest BCUT2D eigenvalue weighted by Crippen LogP contribution is -2.47. The molecule has 0 spiro atoms. The van der Waals surface area contributed by atoms with E-state index in [1.807, 2.05) is 0 Å². The van der Waals surface area contributed by atoms with Crippen LogP contribution in [0.25, 0.3) is 0 Å². The third-order valence-corrected chi connectivity index (χ3v) is 2.24. The van der Waals surface area contributed by atoms with Crippen molar-refractivity contribution in [3.8, 4) is 0 Å². The summed E-state index contributed by atoms with van der Waals surface area (Å²) < 4.78 is 0. The van der Waals surface area contributed by atoms with E-state index in [1.54, 1.807) is 0 Å². The van der Waals surface area contributed by atoms with Gasteiger partial charge in [-0.15, -0.1) is 10.2 Å². The van der Waals surface area contributed by atoms with Crippen LogP contribution in [0.3, 0.4) is 0 Å². The van der Waals surface area contributed by atoms with Crippen LogP contribution < -0.4 is 10.6 Å². The molecule has 88 valence electrons. The SMILES string of the molecule is CC(O)(CNC(=O)Nc1nncs1)C(=O)O. The van der Waals surface area contributed by atoms with E-state index in [9.17, 15) is 14.7 Å². The predicted octanol–water partition coefficient (Wildman–Crippen LogP) is -0.505. The third kappa shape index (κ3) is 3.44. The number of aliphatic carboxylic acids is 1. The number of carbonyl (C=O) groups excluding carboxylic acids is 1. The van der Waals surface area contributed by atoms with Crippen LogP contribution in [0.4, 0.5) is 9.93 Å². The molecule has 0 aromatic carbocycles. The van der Waals surface area contributed by atoms with Gasteiger partial charge in [0.1, 0.15) is 5.51 Å². The highest BCUT2D eigenvalue weighted by Gasteiger charge is 2.30. The molecule has 1 aromatic rings. The monoisotopic (exact) mass is 246 g/mol. The number of nitrogens with one attached hydrogen (secondary N) is 2. The summed E-state index contributed by atoms with van der Waals surface area (Å²) in [7, 11) is 0. The standard InChI is InChI=1S/C7H10N4O4S/c1-7(15,4(12)13)2-8-5(14)10-6-11-9-3-16-6/h3,15H,2H2,1H3,(H,12,13)(H2,8,10,11,14). The quantitative estimate of drug-likeness (QED) is 0.567. The Morgan fingerprint density at radius 2 is 2.31 bits per heavy atom. The maximum atomic E-state index is 11.2. The highest BCUT2D eigenvalue weighted by molar-refractivity contribution is 7.13. The Bertz CT molecular complexity index is 378. The molecule has 0 radical (unpaired) electrons. The van der Waals surface area contributed by atoms with Crippen molar-refractivity contribution in [1.29, 1.82) is 0 Å². The van der Waals surface area contributed by atoms with E-state index < -0.39 is 24.1 Å². The van der Waals surface area contributed by atoms with Gasteiger partial charge in [-0.2, -0.15) is 0 Å². The molecule has 0 aliphatic carbocycles. The molecule has 2 amide bonds. The molecule has 0 saturated heterocycles. The Balaban J connectivity index is 2.39. The predicted molar refractivity (Wildman–Crippen MR) is 55.2 cm³/mol. The topological polar surface area (TPSA) is 124 Å². The van der Waals surface area contributed by atoms with E-state index in [-0.39, 0.29) is 5.13 Å². The second-order valence-electron chi connectivity index (χ2n) is 3.13. The van der Waals surface area contributed by atoms with Gasteiger partial charge in [-0.05, 0) is 6.92 Å². The zero-order valence-electron chi connectivity index (χ0n) is 8.30. The number of aromatic nitrogens is 2. The summed E-state index contributed by atoms with van der Waals surface area (Å²) >= 11 is 1.12. The third-order valence-electron chi connectivity index (χ3n) is 1.63. The van der Waals surface area contributed by atoms with Gasteiger partial charge in [0.15, 0.2) is 5.60 Å². The number of aliphatic hydroxyl groups is 1. The number of urea groups is 1. The van der Waals surface area contributed by atoms with E-state index >= 15 is 0 Å². The van der Waals surface area contributed by atoms with Gasteiger partial charge in [-0.25, -0.2) is 9.59 Å². The van der Waals surface area contributed by atoms with E-state index in [0.29, 0.717) is 0 Å². The molecule has 0 saturated carbocycles. The van der Waals surface area contributed by atoms with E-state index in [1.165, 1.54) is 5.51 Å². The van der Waals surface area contributed by atoms with Crippen molar-refractivity contribution in [2.45, 2.75) is 12.5 Å². The van der Waals surface area contributed by atoms with Crippen LogP contribution >= 0.6 is 11.3 Å². The average Bonchev–Trinajstić information content (AvgIpc) is 2.67. The Kier molecular flexibility index (Phi) is 3.74. The number of carboxylic acids is 1. The Labute approximate surface area is 94.3 Å². The smallest absolute Gasteiger partial charge is 0.337 e. The van der Waals surface area contributed by atoms with Gasteiger partial charge in [-0.3, -0.25) is 5.32 Å². The van der Waals surface area contributed by atoms with Crippen molar-refractivity contribution < 1.29 is 19.8 Å². The zero-order chi connectivity index (χ0) is 12.2. The minimum atomic E-state index is -2.00. The van der Waals surface area contributed by atoms with E-state index in [0.717, 1.165) is 18.3 Å². The van der Waals surface area contributed by atoms with Gasteiger partial charge >= 0.3 is 12.0 Å². The number of carboxylic acid groups (broad SMARTS) is 1. The van der Waals surface area contributed by atoms with E-state index in [2.05, 4.69) is 20.8 Å². The van der Waals surface area contributed by atoms with Crippen LogP contribution in [0, 0.1) is 0 Å². The first-order valence-corrected chi connectivity index (χ1v) is 5.06. The summed E-state index contributed by atoms with van der Waals surface area (Å²) in [6, 6.07) is -0.654. The number of hydrogen-bond acceptors (Lipinski definition) is 6.